The van der Waals surface area contributed by atoms with Crippen molar-refractivity contribution >= 4 is 11.9 Å². The Morgan fingerprint density at radius 1 is 1.08 bits per heavy atom. The Kier molecular flexibility index (Phi) is 4.28. The molecule has 0 unspecified atom stereocenters. The third-order valence-corrected chi connectivity index (χ3v) is 3.37. The molecule has 2 aromatic carbocycles. The zero-order valence-corrected chi connectivity index (χ0v) is 12.5. The first-order chi connectivity index (χ1) is 11.6. The highest BCUT2D eigenvalue weighted by atomic mass is 16.4. The number of tetrazole rings is 1. The summed E-state index contributed by atoms with van der Waals surface area (Å²) in [5.74, 6) is -1.25. The number of carbonyl (C=O) groups is 2. The largest absolute Gasteiger partial charge is 0.478 e. The Labute approximate surface area is 136 Å². The monoisotopic (exact) mass is 323 g/mol. The lowest BCUT2D eigenvalue weighted by molar-refractivity contribution is 0.0696. The maximum Gasteiger partial charge on any atom is 0.335 e. The minimum Gasteiger partial charge on any atom is -0.478 e. The Morgan fingerprint density at radius 2 is 1.88 bits per heavy atom. The van der Waals surface area contributed by atoms with Gasteiger partial charge in [0.25, 0.3) is 5.91 Å². The van der Waals surface area contributed by atoms with E-state index >= 15 is 0 Å². The number of nitrogens with one attached hydrogen (secondary N) is 1. The van der Waals surface area contributed by atoms with Gasteiger partial charge in [-0.15, -0.1) is 5.10 Å². The fraction of sp³-hybridized carbons (Fsp3) is 0.0625. The number of carbonyl (C=O) groups excluding carboxylic acids is 1. The van der Waals surface area contributed by atoms with Crippen molar-refractivity contribution in [1.82, 2.24) is 25.5 Å². The first-order valence-electron chi connectivity index (χ1n) is 7.07. The van der Waals surface area contributed by atoms with E-state index in [0.29, 0.717) is 11.1 Å². The van der Waals surface area contributed by atoms with E-state index in [1.54, 1.807) is 36.4 Å². The lowest BCUT2D eigenvalue weighted by atomic mass is 10.1. The number of carboxylic acids is 1. The van der Waals surface area contributed by atoms with Gasteiger partial charge in [0, 0.05) is 12.1 Å². The first kappa shape index (κ1) is 15.3. The van der Waals surface area contributed by atoms with Gasteiger partial charge in [0.2, 0.25) is 0 Å². The molecule has 2 N–H and O–H groups in total. The van der Waals surface area contributed by atoms with Gasteiger partial charge in [-0.25, -0.2) is 9.48 Å². The highest BCUT2D eigenvalue weighted by Crippen LogP contribution is 2.09. The molecule has 0 radical (unpaired) electrons. The number of nitrogens with zero attached hydrogens (tertiary/aromatic N) is 4. The van der Waals surface area contributed by atoms with Crippen molar-refractivity contribution in [3.05, 3.63) is 71.5 Å². The van der Waals surface area contributed by atoms with Crippen LogP contribution in [0.5, 0.6) is 0 Å². The zero-order chi connectivity index (χ0) is 16.9. The average Bonchev–Trinajstić information content (AvgIpc) is 3.14. The number of aromatic nitrogens is 4. The molecule has 0 aliphatic rings. The van der Waals surface area contributed by atoms with Crippen molar-refractivity contribution < 1.29 is 14.7 Å². The Bertz CT molecular complexity index is 860. The normalized spacial score (nSPS) is 10.3. The van der Waals surface area contributed by atoms with Crippen molar-refractivity contribution in [2.75, 3.05) is 0 Å². The third-order valence-electron chi connectivity index (χ3n) is 3.37. The highest BCUT2D eigenvalue weighted by Gasteiger charge is 2.08. The molecule has 1 aromatic heterocycles. The maximum atomic E-state index is 12.2. The van der Waals surface area contributed by atoms with Crippen molar-refractivity contribution in [1.29, 1.82) is 0 Å². The van der Waals surface area contributed by atoms with Crippen LogP contribution < -0.4 is 5.32 Å². The summed E-state index contributed by atoms with van der Waals surface area (Å²) in [6.07, 6.45) is 1.46. The van der Waals surface area contributed by atoms with E-state index in [1.807, 2.05) is 0 Å². The number of benzene rings is 2. The summed E-state index contributed by atoms with van der Waals surface area (Å²) in [4.78, 5) is 23.1. The smallest absolute Gasteiger partial charge is 0.335 e. The molecule has 24 heavy (non-hydrogen) atoms. The molecule has 0 saturated heterocycles. The second kappa shape index (κ2) is 6.69. The fourth-order valence-electron chi connectivity index (χ4n) is 2.14. The lowest BCUT2D eigenvalue weighted by Gasteiger charge is -2.07. The van der Waals surface area contributed by atoms with Crippen LogP contribution in [0.2, 0.25) is 0 Å². The summed E-state index contributed by atoms with van der Waals surface area (Å²) in [5.41, 5.74) is 2.13. The average molecular weight is 323 g/mol. The van der Waals surface area contributed by atoms with Crippen LogP contribution in [0.15, 0.2) is 54.9 Å². The number of amides is 1. The second-order valence-electron chi connectivity index (χ2n) is 4.99. The van der Waals surface area contributed by atoms with Crippen molar-refractivity contribution in [2.45, 2.75) is 6.54 Å². The van der Waals surface area contributed by atoms with Gasteiger partial charge >= 0.3 is 5.97 Å². The third kappa shape index (κ3) is 3.43. The molecule has 0 aliphatic heterocycles. The van der Waals surface area contributed by atoms with Crippen molar-refractivity contribution in [3.63, 3.8) is 0 Å². The van der Waals surface area contributed by atoms with Crippen LogP contribution in [0.1, 0.15) is 26.3 Å². The maximum absolute atomic E-state index is 12.2. The molecule has 3 aromatic rings. The minimum atomic E-state index is -0.999. The standard InChI is InChI=1S/C16H13N5O3/c22-15(17-9-11-2-1-3-13(8-11)16(23)24)12-4-6-14(7-5-12)21-10-18-19-20-21/h1-8,10H,9H2,(H,17,22)(H,23,24). The van der Waals surface area contributed by atoms with Crippen molar-refractivity contribution in [2.24, 2.45) is 0 Å². The number of hydrogen-bond donors (Lipinski definition) is 2. The van der Waals surface area contributed by atoms with Crippen LogP contribution in [0.4, 0.5) is 0 Å². The predicted octanol–water partition coefficient (Wildman–Crippen LogP) is 1.29. The van der Waals surface area contributed by atoms with E-state index in [9.17, 15) is 9.59 Å². The summed E-state index contributed by atoms with van der Waals surface area (Å²) in [6, 6.07) is 13.2. The van der Waals surface area contributed by atoms with Crippen LogP contribution in [-0.4, -0.2) is 37.2 Å². The van der Waals surface area contributed by atoms with E-state index in [4.69, 9.17) is 5.11 Å². The summed E-state index contributed by atoms with van der Waals surface area (Å²) >= 11 is 0. The Balaban J connectivity index is 1.65. The van der Waals surface area contributed by atoms with Gasteiger partial charge in [-0.1, -0.05) is 12.1 Å². The zero-order valence-electron chi connectivity index (χ0n) is 12.5. The molecule has 0 fully saturated rings. The number of aromatic carboxylic acids is 1. The molecule has 0 saturated carbocycles. The molecule has 8 heteroatoms. The van der Waals surface area contributed by atoms with Gasteiger partial charge in [0.15, 0.2) is 0 Å². The van der Waals surface area contributed by atoms with Gasteiger partial charge < -0.3 is 10.4 Å². The molecule has 0 atom stereocenters. The van der Waals surface area contributed by atoms with Gasteiger partial charge in [-0.2, -0.15) is 0 Å². The summed E-state index contributed by atoms with van der Waals surface area (Å²) in [7, 11) is 0. The summed E-state index contributed by atoms with van der Waals surface area (Å²) < 4.78 is 1.49. The van der Waals surface area contributed by atoms with E-state index in [-0.39, 0.29) is 18.0 Å². The van der Waals surface area contributed by atoms with E-state index in [2.05, 4.69) is 20.8 Å². The Hall–Kier alpha value is -3.55. The molecule has 0 aliphatic carbocycles. The molecule has 3 rings (SSSR count). The second-order valence-corrected chi connectivity index (χ2v) is 4.99. The van der Waals surface area contributed by atoms with E-state index in [0.717, 1.165) is 5.69 Å². The minimum absolute atomic E-state index is 0.188. The van der Waals surface area contributed by atoms with Gasteiger partial charge in [0.1, 0.15) is 6.33 Å². The van der Waals surface area contributed by atoms with Gasteiger partial charge in [-0.05, 0) is 52.4 Å². The first-order valence-corrected chi connectivity index (χ1v) is 7.07. The van der Waals surface area contributed by atoms with E-state index in [1.165, 1.54) is 23.1 Å². The van der Waals surface area contributed by atoms with Crippen LogP contribution in [0.25, 0.3) is 5.69 Å². The number of carboxylic acid groups (broad SMARTS) is 1. The molecular weight excluding hydrogens is 310 g/mol. The lowest BCUT2D eigenvalue weighted by Crippen LogP contribution is -2.22. The molecule has 120 valence electrons. The van der Waals surface area contributed by atoms with Crippen LogP contribution in [-0.2, 0) is 6.54 Å². The van der Waals surface area contributed by atoms with Gasteiger partial charge in [0.05, 0.1) is 11.3 Å². The molecule has 8 nitrogen and oxygen atoms in total. The number of rotatable bonds is 5. The predicted molar refractivity (Wildman–Crippen MR) is 83.7 cm³/mol. The highest BCUT2D eigenvalue weighted by molar-refractivity contribution is 5.94. The SMILES string of the molecule is O=C(O)c1cccc(CNC(=O)c2ccc(-n3cnnn3)cc2)c1. The van der Waals surface area contributed by atoms with Crippen molar-refractivity contribution in [3.8, 4) is 5.69 Å². The van der Waals surface area contributed by atoms with E-state index < -0.39 is 5.97 Å². The topological polar surface area (TPSA) is 110 Å². The fourth-order valence-corrected chi connectivity index (χ4v) is 2.14. The molecule has 1 amide bonds. The molecular formula is C16H13N5O3. The summed E-state index contributed by atoms with van der Waals surface area (Å²) in [6.45, 7) is 0.245. The quantitative estimate of drug-likeness (QED) is 0.732. The summed E-state index contributed by atoms with van der Waals surface area (Å²) in [5, 5.41) is 22.6. The van der Waals surface area contributed by atoms with Crippen LogP contribution in [0.3, 0.4) is 0 Å². The van der Waals surface area contributed by atoms with Crippen LogP contribution in [0, 0.1) is 0 Å². The molecule has 0 spiro atoms. The Morgan fingerprint density at radius 3 is 2.54 bits per heavy atom. The molecule has 1 heterocycles. The molecule has 0 bridgehead atoms. The van der Waals surface area contributed by atoms with Crippen LogP contribution >= 0.6 is 0 Å². The number of hydrogen-bond acceptors (Lipinski definition) is 5. The van der Waals surface area contributed by atoms with Gasteiger partial charge in [-0.3, -0.25) is 4.79 Å².